The Labute approximate surface area is 178 Å². The van der Waals surface area contributed by atoms with Gasteiger partial charge in [-0.15, -0.1) is 24.0 Å². The van der Waals surface area contributed by atoms with E-state index in [1.807, 2.05) is 24.3 Å². The van der Waals surface area contributed by atoms with E-state index < -0.39 is 0 Å². The van der Waals surface area contributed by atoms with Gasteiger partial charge in [0.1, 0.15) is 11.9 Å². The summed E-state index contributed by atoms with van der Waals surface area (Å²) < 4.78 is 11.3. The summed E-state index contributed by atoms with van der Waals surface area (Å²) in [6.07, 6.45) is 9.42. The molecule has 0 atom stereocenters. The largest absolute Gasteiger partial charge is 0.474 e. The van der Waals surface area contributed by atoms with E-state index in [0.29, 0.717) is 18.5 Å². The third kappa shape index (κ3) is 7.40. The SMILES string of the molecule is CCNC(=NCc1ccnc(OC2CCCC2)c1)NCCc1ccco1.I. The lowest BCUT2D eigenvalue weighted by Gasteiger charge is -2.13. The van der Waals surface area contributed by atoms with Crippen LogP contribution in [-0.2, 0) is 13.0 Å². The number of guanidine groups is 1. The maximum atomic E-state index is 5.98. The summed E-state index contributed by atoms with van der Waals surface area (Å²) in [7, 11) is 0. The van der Waals surface area contributed by atoms with Crippen LogP contribution in [0.1, 0.15) is 43.9 Å². The van der Waals surface area contributed by atoms with Gasteiger partial charge >= 0.3 is 0 Å². The third-order valence-electron chi connectivity index (χ3n) is 4.40. The maximum absolute atomic E-state index is 5.98. The Kier molecular flexibility index (Phi) is 9.44. The number of hydrogen-bond acceptors (Lipinski definition) is 4. The van der Waals surface area contributed by atoms with E-state index in [1.54, 1.807) is 12.5 Å². The zero-order valence-corrected chi connectivity index (χ0v) is 18.1. The summed E-state index contributed by atoms with van der Waals surface area (Å²) in [6.45, 7) is 4.23. The number of furan rings is 1. The molecule has 2 N–H and O–H groups in total. The summed E-state index contributed by atoms with van der Waals surface area (Å²) in [4.78, 5) is 8.99. The van der Waals surface area contributed by atoms with Crippen molar-refractivity contribution in [3.63, 3.8) is 0 Å². The van der Waals surface area contributed by atoms with Crippen molar-refractivity contribution in [2.75, 3.05) is 13.1 Å². The average molecular weight is 484 g/mol. The minimum absolute atomic E-state index is 0. The Morgan fingerprint density at radius 2 is 2.15 bits per heavy atom. The molecule has 0 radical (unpaired) electrons. The van der Waals surface area contributed by atoms with Crippen molar-refractivity contribution >= 4 is 29.9 Å². The summed E-state index contributed by atoms with van der Waals surface area (Å²) in [6, 6.07) is 7.86. The topological polar surface area (TPSA) is 71.7 Å². The highest BCUT2D eigenvalue weighted by Crippen LogP contribution is 2.23. The molecule has 7 heteroatoms. The van der Waals surface area contributed by atoms with E-state index in [0.717, 1.165) is 49.6 Å². The van der Waals surface area contributed by atoms with Gasteiger partial charge in [-0.3, -0.25) is 0 Å². The summed E-state index contributed by atoms with van der Waals surface area (Å²) in [5, 5.41) is 6.60. The normalized spacial score (nSPS) is 14.6. The van der Waals surface area contributed by atoms with Gasteiger partial charge in [-0.2, -0.15) is 0 Å². The summed E-state index contributed by atoms with van der Waals surface area (Å²) in [5.74, 6) is 2.48. The number of aromatic nitrogens is 1. The number of pyridine rings is 1. The molecular weight excluding hydrogens is 455 g/mol. The number of rotatable bonds is 8. The van der Waals surface area contributed by atoms with E-state index in [4.69, 9.17) is 9.15 Å². The number of hydrogen-bond donors (Lipinski definition) is 2. The van der Waals surface area contributed by atoms with Gasteiger partial charge in [0.05, 0.1) is 12.8 Å². The molecule has 1 saturated carbocycles. The lowest BCUT2D eigenvalue weighted by atomic mass is 10.2. The van der Waals surface area contributed by atoms with Crippen molar-refractivity contribution in [3.05, 3.63) is 48.0 Å². The van der Waals surface area contributed by atoms with Crippen molar-refractivity contribution in [1.82, 2.24) is 15.6 Å². The number of nitrogens with zero attached hydrogens (tertiary/aromatic N) is 2. The first-order chi connectivity index (χ1) is 12.8. The van der Waals surface area contributed by atoms with Gasteiger partial charge < -0.3 is 19.8 Å². The number of aliphatic imine (C=N–C) groups is 1. The first-order valence-corrected chi connectivity index (χ1v) is 9.49. The Balaban J connectivity index is 0.00000261. The molecule has 6 nitrogen and oxygen atoms in total. The first kappa shape index (κ1) is 21.5. The molecule has 2 aromatic heterocycles. The lowest BCUT2D eigenvalue weighted by Crippen LogP contribution is -2.38. The second-order valence-electron chi connectivity index (χ2n) is 6.48. The number of nitrogens with one attached hydrogen (secondary N) is 2. The molecule has 0 aliphatic heterocycles. The monoisotopic (exact) mass is 484 g/mol. The highest BCUT2D eigenvalue weighted by molar-refractivity contribution is 14.0. The highest BCUT2D eigenvalue weighted by atomic mass is 127. The molecule has 1 aliphatic carbocycles. The average Bonchev–Trinajstić information content (AvgIpc) is 3.34. The van der Waals surface area contributed by atoms with Crippen LogP contribution in [0.5, 0.6) is 5.88 Å². The molecule has 1 aliphatic rings. The fraction of sp³-hybridized carbons (Fsp3) is 0.500. The van der Waals surface area contributed by atoms with Crippen LogP contribution in [-0.4, -0.2) is 30.1 Å². The van der Waals surface area contributed by atoms with Gasteiger partial charge in [-0.25, -0.2) is 9.98 Å². The van der Waals surface area contributed by atoms with E-state index in [1.165, 1.54) is 12.8 Å². The van der Waals surface area contributed by atoms with Crippen molar-refractivity contribution in [2.24, 2.45) is 4.99 Å². The number of halogens is 1. The molecule has 0 spiro atoms. The van der Waals surface area contributed by atoms with Crippen LogP contribution in [0.2, 0.25) is 0 Å². The fourth-order valence-electron chi connectivity index (χ4n) is 3.06. The summed E-state index contributed by atoms with van der Waals surface area (Å²) >= 11 is 0. The zero-order valence-electron chi connectivity index (χ0n) is 15.8. The van der Waals surface area contributed by atoms with Gasteiger partial charge in [0.15, 0.2) is 5.96 Å². The third-order valence-corrected chi connectivity index (χ3v) is 4.40. The second kappa shape index (κ2) is 11.8. The molecule has 0 saturated heterocycles. The zero-order chi connectivity index (χ0) is 18.0. The van der Waals surface area contributed by atoms with E-state index in [2.05, 4.69) is 27.5 Å². The van der Waals surface area contributed by atoms with Crippen molar-refractivity contribution in [1.29, 1.82) is 0 Å². The van der Waals surface area contributed by atoms with Gasteiger partial charge in [0.2, 0.25) is 5.88 Å². The van der Waals surface area contributed by atoms with Crippen LogP contribution in [0.4, 0.5) is 0 Å². The molecule has 0 unspecified atom stereocenters. The van der Waals surface area contributed by atoms with Crippen LogP contribution in [0.15, 0.2) is 46.1 Å². The van der Waals surface area contributed by atoms with Crippen LogP contribution in [0.25, 0.3) is 0 Å². The molecule has 2 aromatic rings. The minimum atomic E-state index is 0. The molecule has 3 rings (SSSR count). The Morgan fingerprint density at radius 3 is 2.89 bits per heavy atom. The summed E-state index contributed by atoms with van der Waals surface area (Å²) in [5.41, 5.74) is 1.09. The maximum Gasteiger partial charge on any atom is 0.213 e. The van der Waals surface area contributed by atoms with Crippen LogP contribution in [0, 0.1) is 0 Å². The molecular formula is C20H29IN4O2. The smallest absolute Gasteiger partial charge is 0.213 e. The molecule has 0 bridgehead atoms. The van der Waals surface area contributed by atoms with E-state index >= 15 is 0 Å². The quantitative estimate of drug-likeness (QED) is 0.338. The van der Waals surface area contributed by atoms with E-state index in [9.17, 15) is 0 Å². The van der Waals surface area contributed by atoms with Gasteiger partial charge in [0, 0.05) is 31.8 Å². The Bertz CT molecular complexity index is 685. The molecule has 2 heterocycles. The Morgan fingerprint density at radius 1 is 1.30 bits per heavy atom. The predicted molar refractivity (Wildman–Crippen MR) is 118 cm³/mol. The van der Waals surface area contributed by atoms with Gasteiger partial charge in [-0.1, -0.05) is 0 Å². The molecule has 1 fully saturated rings. The molecule has 0 amide bonds. The second-order valence-corrected chi connectivity index (χ2v) is 6.48. The van der Waals surface area contributed by atoms with Crippen LogP contribution in [0.3, 0.4) is 0 Å². The van der Waals surface area contributed by atoms with Gasteiger partial charge in [0.25, 0.3) is 0 Å². The van der Waals surface area contributed by atoms with Crippen LogP contribution < -0.4 is 15.4 Å². The van der Waals surface area contributed by atoms with E-state index in [-0.39, 0.29) is 24.0 Å². The van der Waals surface area contributed by atoms with Crippen molar-refractivity contribution < 1.29 is 9.15 Å². The van der Waals surface area contributed by atoms with Crippen molar-refractivity contribution in [3.8, 4) is 5.88 Å². The minimum Gasteiger partial charge on any atom is -0.474 e. The van der Waals surface area contributed by atoms with Gasteiger partial charge in [-0.05, 0) is 56.4 Å². The molecule has 27 heavy (non-hydrogen) atoms. The lowest BCUT2D eigenvalue weighted by molar-refractivity contribution is 0.201. The van der Waals surface area contributed by atoms with Crippen LogP contribution >= 0.6 is 24.0 Å². The van der Waals surface area contributed by atoms with Crippen molar-refractivity contribution in [2.45, 2.75) is 51.7 Å². The first-order valence-electron chi connectivity index (χ1n) is 9.49. The number of ether oxygens (including phenoxy) is 1. The fourth-order valence-corrected chi connectivity index (χ4v) is 3.06. The highest BCUT2D eigenvalue weighted by Gasteiger charge is 2.16. The Hall–Kier alpha value is -1.77. The predicted octanol–water partition coefficient (Wildman–Crippen LogP) is 3.91. The molecule has 148 valence electrons. The standard InChI is InChI=1S/C20H28N4O2.HI/c1-2-21-20(23-12-10-17-8-5-13-25-17)24-15-16-9-11-22-19(14-16)26-18-6-3-4-7-18;/h5,8-9,11,13-14,18H,2-4,6-7,10,12,15H2,1H3,(H2,21,23,24);1H. The molecule has 0 aromatic carbocycles.